The Morgan fingerprint density at radius 1 is 0.313 bits per heavy atom. The molecule has 0 fully saturated rings. The molecule has 0 aliphatic carbocycles. The Morgan fingerprint density at radius 2 is 0.545 bits per heavy atom. The molecular formula is C94H130N22O18. The Morgan fingerprint density at radius 3 is 0.761 bits per heavy atom. The first-order valence-corrected chi connectivity index (χ1v) is 45.8. The molecule has 0 spiro atoms. The zero-order chi connectivity index (χ0) is 96.4. The molecule has 0 radical (unpaired) electrons. The van der Waals surface area contributed by atoms with E-state index in [1.807, 2.05) is 55.4 Å². The van der Waals surface area contributed by atoms with E-state index in [0.29, 0.717) is 68.2 Å². The SMILES string of the molecule is COc1ccc(CN2Cc3cn(nn3)C(CC(C)C)C(=O)NC3CCCCNC(=O)CCC4NC(=O)C(CC(C)C)n5cc(nn5)CN(Cc5ccc(OC)cc5OC)C(=O)C(CCC(=O)NCCCCC(NC(=O)C(CC(C)C)n5cc(nn5)CN(Cc5ccc(OC)cc5OC)C3=O)C2=O)NC(=O)C(CC(C)C)n2cc(nn2)CN(Cc2ccc(OC)cc2OC)C4=O)c(OC)c1. The lowest BCUT2D eigenvalue weighted by atomic mass is 10.0. The van der Waals surface area contributed by atoms with Gasteiger partial charge in [-0.2, -0.15) is 0 Å². The number of rotatable bonds is 24. The highest BCUT2D eigenvalue weighted by molar-refractivity contribution is 5.93. The fourth-order valence-electron chi connectivity index (χ4n) is 16.8. The van der Waals surface area contributed by atoms with Gasteiger partial charge < -0.3 is 89.4 Å². The van der Waals surface area contributed by atoms with Gasteiger partial charge in [-0.25, -0.2) is 18.7 Å². The van der Waals surface area contributed by atoms with Gasteiger partial charge in [0.25, 0.3) is 0 Å². The monoisotopic (exact) mass is 1850 g/mol. The third-order valence-corrected chi connectivity index (χ3v) is 23.8. The van der Waals surface area contributed by atoms with Crippen molar-refractivity contribution in [1.82, 2.24) is 111 Å². The van der Waals surface area contributed by atoms with E-state index in [4.69, 9.17) is 37.9 Å². The minimum atomic E-state index is -1.44. The van der Waals surface area contributed by atoms with Crippen molar-refractivity contribution in [3.05, 3.63) is 143 Å². The zero-order valence-electron chi connectivity index (χ0n) is 79.6. The maximum atomic E-state index is 16.1. The second-order valence-electron chi connectivity index (χ2n) is 35.8. The number of hydrogen-bond donors (Lipinski definition) is 6. The van der Waals surface area contributed by atoms with E-state index in [0.717, 1.165) is 0 Å². The standard InChI is InChI=1S/C94H130N22O18/c1-57(2)37-77-87(119)97-73-21-17-19-35-95-85(117)33-31-75-93(125)111(47-63-25-29-71(129-11)43-83(63)133-15)51-67-55-116(108-103-67)80(40-60(7)8)90(122)100-76(94(126)112(48-64-26-30-72(130-12)44-84(64)134-16)52-68-56-115(107-104-68)79(39-59(5)6)89(121)99-75)32-34-86(118)96-36-20-18-22-74(92(124)109(49-65-53-113(77)105-101-65)45-61-23-27-69(127-9)41-81(61)131-13)98-88(120)78(38-58(3)4)114-54-66(102-106-114)50-110(91(73)123)46-62-24-28-70(128-10)42-82(62)132-14/h23-30,41-44,53-60,73-80H,17-22,31-40,45-52H2,1-16H3,(H,95,117)(H,96,118)(H,97,119)(H,98,120)(H,99,121)(H,100,122). The van der Waals surface area contributed by atoms with Crippen LogP contribution in [0.4, 0.5) is 0 Å². The Hall–Kier alpha value is -13.5. The molecule has 4 aromatic heterocycles. The Bertz CT molecular complexity index is 5020. The molecule has 8 heterocycles. The summed E-state index contributed by atoms with van der Waals surface area (Å²) in [6.45, 7) is 14.0. The molecule has 40 heteroatoms. The lowest BCUT2D eigenvalue weighted by molar-refractivity contribution is -0.139. The van der Waals surface area contributed by atoms with Gasteiger partial charge in [0.05, 0.1) is 108 Å². The zero-order valence-corrected chi connectivity index (χ0v) is 79.6. The topological polar surface area (TPSA) is 453 Å². The normalized spacial score (nSPS) is 20.4. The predicted octanol–water partition coefficient (Wildman–Crippen LogP) is 7.80. The van der Waals surface area contributed by atoms with Crippen molar-refractivity contribution in [1.29, 1.82) is 0 Å². The van der Waals surface area contributed by atoms with E-state index in [9.17, 15) is 9.59 Å². The number of nitrogens with zero attached hydrogens (tertiary/aromatic N) is 16. The molecule has 8 atom stereocenters. The second-order valence-corrected chi connectivity index (χ2v) is 35.8. The second kappa shape index (κ2) is 48.3. The van der Waals surface area contributed by atoms with Crippen LogP contribution in [0.1, 0.15) is 214 Å². The average molecular weight is 1860 g/mol. The van der Waals surface area contributed by atoms with Gasteiger partial charge in [0.15, 0.2) is 0 Å². The van der Waals surface area contributed by atoms with Crippen LogP contribution in [0.2, 0.25) is 0 Å². The summed E-state index contributed by atoms with van der Waals surface area (Å²) in [5.74, 6) is -3.14. The van der Waals surface area contributed by atoms with Crippen molar-refractivity contribution >= 4 is 59.1 Å². The van der Waals surface area contributed by atoms with Crippen molar-refractivity contribution in [3.8, 4) is 46.0 Å². The lowest BCUT2D eigenvalue weighted by Crippen LogP contribution is -2.50. The Labute approximate surface area is 780 Å². The van der Waals surface area contributed by atoms with Crippen molar-refractivity contribution in [2.24, 2.45) is 23.7 Å². The number of benzene rings is 4. The molecule has 4 aliphatic heterocycles. The first kappa shape index (κ1) is 101. The summed E-state index contributed by atoms with van der Waals surface area (Å²) in [4.78, 5) is 163. The number of amides is 10. The first-order chi connectivity index (χ1) is 64.4. The van der Waals surface area contributed by atoms with Crippen LogP contribution in [-0.2, 0) is 100 Å². The van der Waals surface area contributed by atoms with Crippen LogP contribution in [0.3, 0.4) is 0 Å². The minimum absolute atomic E-state index is 0.00998. The van der Waals surface area contributed by atoms with Gasteiger partial charge in [0, 0.05) is 98.6 Å². The molecule has 4 aliphatic rings. The number of aromatic nitrogens is 12. The van der Waals surface area contributed by atoms with E-state index in [1.54, 1.807) is 85.2 Å². The fraction of sp³-hybridized carbons (Fsp3) is 0.553. The highest BCUT2D eigenvalue weighted by Crippen LogP contribution is 2.35. The van der Waals surface area contributed by atoms with Crippen LogP contribution in [0.25, 0.3) is 0 Å². The number of ether oxygens (including phenoxy) is 8. The van der Waals surface area contributed by atoms with Crippen LogP contribution in [0.15, 0.2) is 97.6 Å². The minimum Gasteiger partial charge on any atom is -0.497 e. The van der Waals surface area contributed by atoms with Crippen LogP contribution in [-0.4, -0.2) is 233 Å². The maximum absolute atomic E-state index is 16.1. The largest absolute Gasteiger partial charge is 0.497 e. The molecule has 12 bridgehead atoms. The molecule has 10 amide bonds. The average Bonchev–Trinajstić information content (AvgIpc) is 1.57. The molecule has 40 nitrogen and oxygen atoms in total. The van der Waals surface area contributed by atoms with Crippen molar-refractivity contribution < 1.29 is 85.8 Å². The summed E-state index contributed by atoms with van der Waals surface area (Å²) in [5, 5.41) is 55.1. The third-order valence-electron chi connectivity index (χ3n) is 23.8. The third kappa shape index (κ3) is 27.4. The van der Waals surface area contributed by atoms with E-state index in [1.165, 1.54) is 108 Å². The maximum Gasteiger partial charge on any atom is 0.245 e. The van der Waals surface area contributed by atoms with Gasteiger partial charge in [0.1, 0.15) is 117 Å². The van der Waals surface area contributed by atoms with Crippen molar-refractivity contribution in [2.75, 3.05) is 70.0 Å². The molecule has 8 unspecified atom stereocenters. The molecule has 4 aromatic carbocycles. The van der Waals surface area contributed by atoms with Crippen molar-refractivity contribution in [3.63, 3.8) is 0 Å². The molecule has 0 saturated carbocycles. The number of carbonyl (C=O) groups is 10. The molecular weight excluding hydrogens is 1730 g/mol. The first-order valence-electron chi connectivity index (χ1n) is 45.8. The number of nitrogens with one attached hydrogen (secondary N) is 6. The van der Waals surface area contributed by atoms with Crippen LogP contribution < -0.4 is 69.8 Å². The molecule has 8 aromatic rings. The van der Waals surface area contributed by atoms with Gasteiger partial charge in [-0.1, -0.05) is 76.2 Å². The number of hydrogen-bond acceptors (Lipinski definition) is 26. The van der Waals surface area contributed by atoms with Crippen molar-refractivity contribution in [2.45, 2.75) is 246 Å². The van der Waals surface area contributed by atoms with Gasteiger partial charge >= 0.3 is 0 Å². The van der Waals surface area contributed by atoms with Crippen LogP contribution >= 0.6 is 0 Å². The fourth-order valence-corrected chi connectivity index (χ4v) is 16.8. The lowest BCUT2D eigenvalue weighted by Gasteiger charge is -2.30. The molecule has 0 saturated heterocycles. The number of carbonyl (C=O) groups excluding carboxylic acids is 10. The van der Waals surface area contributed by atoms with Crippen LogP contribution in [0.5, 0.6) is 46.0 Å². The molecule has 134 heavy (non-hydrogen) atoms. The smallest absolute Gasteiger partial charge is 0.245 e. The number of methoxy groups -OCH3 is 8. The van der Waals surface area contributed by atoms with Gasteiger partial charge in [-0.15, -0.1) is 20.4 Å². The van der Waals surface area contributed by atoms with E-state index < -0.39 is 107 Å². The van der Waals surface area contributed by atoms with Gasteiger partial charge in [-0.3, -0.25) is 47.9 Å². The molecule has 724 valence electrons. The highest BCUT2D eigenvalue weighted by Gasteiger charge is 2.40. The summed E-state index contributed by atoms with van der Waals surface area (Å²) in [5.41, 5.74) is 3.05. The predicted molar refractivity (Wildman–Crippen MR) is 489 cm³/mol. The quantitative estimate of drug-likeness (QED) is 0.0336. The summed E-state index contributed by atoms with van der Waals surface area (Å²) in [6.07, 6.45) is 6.73. The summed E-state index contributed by atoms with van der Waals surface area (Å²) in [7, 11) is 12.0. The van der Waals surface area contributed by atoms with E-state index in [2.05, 4.69) is 73.1 Å². The van der Waals surface area contributed by atoms with Crippen LogP contribution in [0, 0.1) is 23.7 Å². The summed E-state index contributed by atoms with van der Waals surface area (Å²) < 4.78 is 51.5. The summed E-state index contributed by atoms with van der Waals surface area (Å²) in [6, 6.07) is 10.6. The highest BCUT2D eigenvalue weighted by atomic mass is 16.5. The Kier molecular flexibility index (Phi) is 36.4. The van der Waals surface area contributed by atoms with Gasteiger partial charge in [0.2, 0.25) is 59.1 Å². The summed E-state index contributed by atoms with van der Waals surface area (Å²) >= 11 is 0. The molecule has 12 rings (SSSR count). The Balaban J connectivity index is 1.05. The number of fused-ring (bicyclic) bond motifs is 24. The molecule has 6 N–H and O–H groups in total. The van der Waals surface area contributed by atoms with Gasteiger partial charge in [-0.05, 0) is 149 Å². The van der Waals surface area contributed by atoms with E-state index >= 15 is 38.4 Å². The van der Waals surface area contributed by atoms with E-state index in [-0.39, 0.29) is 202 Å².